The molecular formula is C24H33N3O2S. The maximum atomic E-state index is 10.0. The molecule has 0 unspecified atom stereocenters. The Morgan fingerprint density at radius 2 is 2.00 bits per heavy atom. The van der Waals surface area contributed by atoms with Gasteiger partial charge >= 0.3 is 0 Å². The number of nitrogens with one attached hydrogen (secondary N) is 1. The molecule has 0 aromatic heterocycles. The number of nitriles is 1. The SMILES string of the molecule is CCOc1cc2c(cc1OC)C(=C(C#N)SCCN1CCCC1)N[C@@H]1CCCC[C@H]21. The number of fused-ring (bicyclic) bond motifs is 3. The van der Waals surface area contributed by atoms with Gasteiger partial charge in [-0.25, -0.2) is 0 Å². The van der Waals surface area contributed by atoms with Crippen LogP contribution in [0.3, 0.4) is 0 Å². The lowest BCUT2D eigenvalue weighted by atomic mass is 9.75. The number of thioether (sulfide) groups is 1. The molecule has 0 amide bonds. The third kappa shape index (κ3) is 4.43. The minimum absolute atomic E-state index is 0.395. The predicted molar refractivity (Wildman–Crippen MR) is 123 cm³/mol. The average Bonchev–Trinajstić information content (AvgIpc) is 3.30. The molecule has 2 heterocycles. The lowest BCUT2D eigenvalue weighted by Crippen LogP contribution is -2.40. The minimum atomic E-state index is 0.395. The fourth-order valence-electron chi connectivity index (χ4n) is 5.10. The molecule has 1 aromatic carbocycles. The van der Waals surface area contributed by atoms with Crippen LogP contribution in [0.4, 0.5) is 0 Å². The first kappa shape index (κ1) is 21.4. The molecule has 0 radical (unpaired) electrons. The van der Waals surface area contributed by atoms with E-state index in [2.05, 4.69) is 28.4 Å². The van der Waals surface area contributed by atoms with Gasteiger partial charge in [-0.15, -0.1) is 11.8 Å². The number of benzene rings is 1. The van der Waals surface area contributed by atoms with Crippen molar-refractivity contribution in [2.24, 2.45) is 0 Å². The van der Waals surface area contributed by atoms with Gasteiger partial charge in [-0.2, -0.15) is 5.26 Å². The molecule has 1 aromatic rings. The van der Waals surface area contributed by atoms with Gasteiger partial charge in [0, 0.05) is 29.8 Å². The van der Waals surface area contributed by atoms with E-state index in [0.717, 1.165) is 46.4 Å². The second-order valence-electron chi connectivity index (χ2n) is 8.38. The van der Waals surface area contributed by atoms with E-state index in [1.807, 2.05) is 6.92 Å². The number of methoxy groups -OCH3 is 1. The third-order valence-corrected chi connectivity index (χ3v) is 7.55. The van der Waals surface area contributed by atoms with Crippen molar-refractivity contribution in [1.29, 1.82) is 5.26 Å². The molecule has 2 aliphatic heterocycles. The number of likely N-dealkylation sites (tertiary alicyclic amines) is 1. The third-order valence-electron chi connectivity index (χ3n) is 6.58. The Bertz CT molecular complexity index is 826. The van der Waals surface area contributed by atoms with Gasteiger partial charge in [0.25, 0.3) is 0 Å². The molecule has 162 valence electrons. The number of hydrogen-bond acceptors (Lipinski definition) is 6. The average molecular weight is 428 g/mol. The van der Waals surface area contributed by atoms with Crippen molar-refractivity contribution in [3.63, 3.8) is 0 Å². The first-order valence-corrected chi connectivity index (χ1v) is 12.3. The molecule has 1 saturated carbocycles. The molecule has 1 saturated heterocycles. The highest BCUT2D eigenvalue weighted by Crippen LogP contribution is 2.46. The summed E-state index contributed by atoms with van der Waals surface area (Å²) in [5.74, 6) is 2.97. The second-order valence-corrected chi connectivity index (χ2v) is 9.48. The zero-order valence-electron chi connectivity index (χ0n) is 18.2. The molecule has 5 nitrogen and oxygen atoms in total. The van der Waals surface area contributed by atoms with Crippen LogP contribution in [0.1, 0.15) is 62.5 Å². The number of rotatable bonds is 7. The first-order valence-electron chi connectivity index (χ1n) is 11.4. The number of hydrogen-bond donors (Lipinski definition) is 1. The van der Waals surface area contributed by atoms with Crippen molar-refractivity contribution in [1.82, 2.24) is 10.2 Å². The van der Waals surface area contributed by atoms with E-state index < -0.39 is 0 Å². The summed E-state index contributed by atoms with van der Waals surface area (Å²) in [4.78, 5) is 3.30. The van der Waals surface area contributed by atoms with Crippen LogP contribution in [0.25, 0.3) is 5.70 Å². The van der Waals surface area contributed by atoms with E-state index in [1.165, 1.54) is 50.8 Å². The fraction of sp³-hybridized carbons (Fsp3) is 0.625. The van der Waals surface area contributed by atoms with Gasteiger partial charge in [0.05, 0.1) is 19.4 Å². The number of nitrogens with zero attached hydrogens (tertiary/aromatic N) is 2. The van der Waals surface area contributed by atoms with E-state index in [-0.39, 0.29) is 0 Å². The maximum absolute atomic E-state index is 10.0. The Hall–Kier alpha value is -1.84. The Kier molecular flexibility index (Phi) is 7.12. The lowest BCUT2D eigenvalue weighted by Gasteiger charge is -2.40. The van der Waals surface area contributed by atoms with E-state index in [0.29, 0.717) is 18.6 Å². The van der Waals surface area contributed by atoms with Crippen LogP contribution in [0.5, 0.6) is 11.5 Å². The predicted octanol–water partition coefficient (Wildman–Crippen LogP) is 4.74. The molecule has 4 rings (SSSR count). The second kappa shape index (κ2) is 9.98. The van der Waals surface area contributed by atoms with Gasteiger partial charge in [0.15, 0.2) is 11.5 Å². The van der Waals surface area contributed by atoms with Crippen LogP contribution in [0.15, 0.2) is 17.0 Å². The summed E-state index contributed by atoms with van der Waals surface area (Å²) in [6.07, 6.45) is 7.44. The summed E-state index contributed by atoms with van der Waals surface area (Å²) in [5.41, 5.74) is 3.41. The van der Waals surface area contributed by atoms with Gasteiger partial charge in [-0.3, -0.25) is 0 Å². The Labute approximate surface area is 184 Å². The molecule has 1 aliphatic carbocycles. The van der Waals surface area contributed by atoms with Gasteiger partial charge in [0.1, 0.15) is 11.0 Å². The van der Waals surface area contributed by atoms with Crippen LogP contribution in [-0.4, -0.2) is 50.0 Å². The summed E-state index contributed by atoms with van der Waals surface area (Å²) in [7, 11) is 1.68. The molecule has 2 fully saturated rings. The largest absolute Gasteiger partial charge is 0.493 e. The fourth-order valence-corrected chi connectivity index (χ4v) is 6.03. The maximum Gasteiger partial charge on any atom is 0.161 e. The monoisotopic (exact) mass is 427 g/mol. The topological polar surface area (TPSA) is 57.5 Å². The summed E-state index contributed by atoms with van der Waals surface area (Å²) in [6.45, 7) is 6.05. The zero-order chi connectivity index (χ0) is 20.9. The molecule has 30 heavy (non-hydrogen) atoms. The molecule has 2 atom stereocenters. The smallest absolute Gasteiger partial charge is 0.161 e. The van der Waals surface area contributed by atoms with E-state index >= 15 is 0 Å². The van der Waals surface area contributed by atoms with Crippen LogP contribution in [0.2, 0.25) is 0 Å². The van der Waals surface area contributed by atoms with Crippen molar-refractivity contribution >= 4 is 17.5 Å². The van der Waals surface area contributed by atoms with Crippen molar-refractivity contribution in [3.05, 3.63) is 28.2 Å². The van der Waals surface area contributed by atoms with Gasteiger partial charge in [0.2, 0.25) is 0 Å². The van der Waals surface area contributed by atoms with Crippen LogP contribution in [-0.2, 0) is 0 Å². The minimum Gasteiger partial charge on any atom is -0.493 e. The summed E-state index contributed by atoms with van der Waals surface area (Å²) >= 11 is 1.69. The van der Waals surface area contributed by atoms with Crippen LogP contribution in [0, 0.1) is 11.3 Å². The highest BCUT2D eigenvalue weighted by molar-refractivity contribution is 8.03. The highest BCUT2D eigenvalue weighted by atomic mass is 32.2. The van der Waals surface area contributed by atoms with Crippen molar-refractivity contribution in [2.75, 3.05) is 39.1 Å². The molecule has 3 aliphatic rings. The van der Waals surface area contributed by atoms with Crippen LogP contribution >= 0.6 is 11.8 Å². The van der Waals surface area contributed by atoms with E-state index in [9.17, 15) is 5.26 Å². The number of allylic oxidation sites excluding steroid dienone is 1. The Morgan fingerprint density at radius 1 is 1.20 bits per heavy atom. The van der Waals surface area contributed by atoms with E-state index in [1.54, 1.807) is 18.9 Å². The lowest BCUT2D eigenvalue weighted by molar-refractivity contribution is 0.306. The van der Waals surface area contributed by atoms with Crippen molar-refractivity contribution in [2.45, 2.75) is 57.4 Å². The molecule has 0 spiro atoms. The van der Waals surface area contributed by atoms with E-state index in [4.69, 9.17) is 9.47 Å². The molecular weight excluding hydrogens is 394 g/mol. The summed E-state index contributed by atoms with van der Waals surface area (Å²) < 4.78 is 11.5. The number of ether oxygens (including phenoxy) is 2. The highest BCUT2D eigenvalue weighted by Gasteiger charge is 2.36. The normalized spacial score (nSPS) is 25.0. The quantitative estimate of drug-likeness (QED) is 0.634. The van der Waals surface area contributed by atoms with Gasteiger partial charge < -0.3 is 19.7 Å². The molecule has 6 heteroatoms. The Balaban J connectivity index is 1.68. The standard InChI is InChI=1S/C24H33N3O2S/c1-3-29-22-14-18-17-8-4-5-9-20(17)26-24(19(18)15-21(22)28-2)23(16-25)30-13-12-27-10-6-7-11-27/h14-15,17,20,26H,3-13H2,1-2H3/t17-,20-/m1/s1. The van der Waals surface area contributed by atoms with Gasteiger partial charge in [-0.1, -0.05) is 12.8 Å². The molecule has 1 N–H and O–H groups in total. The summed E-state index contributed by atoms with van der Waals surface area (Å²) in [5, 5.41) is 13.8. The zero-order valence-corrected chi connectivity index (χ0v) is 19.0. The van der Waals surface area contributed by atoms with Crippen molar-refractivity contribution < 1.29 is 9.47 Å². The Morgan fingerprint density at radius 3 is 2.73 bits per heavy atom. The van der Waals surface area contributed by atoms with Gasteiger partial charge in [-0.05, 0) is 63.4 Å². The summed E-state index contributed by atoms with van der Waals surface area (Å²) in [6, 6.07) is 7.14. The molecule has 0 bridgehead atoms. The van der Waals surface area contributed by atoms with Crippen LogP contribution < -0.4 is 14.8 Å². The van der Waals surface area contributed by atoms with Crippen molar-refractivity contribution in [3.8, 4) is 17.6 Å². The first-order chi connectivity index (χ1) is 14.7.